The van der Waals surface area contributed by atoms with Crippen LogP contribution in [0.15, 0.2) is 24.5 Å². The van der Waals surface area contributed by atoms with Crippen LogP contribution in [0.1, 0.15) is 46.0 Å². The Morgan fingerprint density at radius 3 is 2.91 bits per heavy atom. The third-order valence-electron chi connectivity index (χ3n) is 4.08. The standard InChI is InChI=1S/C17H25N3O2/c1-13(2)8-9-15-7-3-4-11-20(15)17(22)16(21)19-14-6-5-10-18-12-14/h5-6,10,12-13,15H,3-4,7-9,11H2,1-2H3,(H,19,21)/t15-/m0/s1. The second-order valence-corrected chi connectivity index (χ2v) is 6.32. The number of nitrogens with zero attached hydrogens (tertiary/aromatic N) is 2. The van der Waals surface area contributed by atoms with Gasteiger partial charge in [0.15, 0.2) is 0 Å². The maximum Gasteiger partial charge on any atom is 0.313 e. The Bertz CT molecular complexity index is 502. The highest BCUT2D eigenvalue weighted by Gasteiger charge is 2.30. The van der Waals surface area contributed by atoms with E-state index in [0.29, 0.717) is 18.2 Å². The summed E-state index contributed by atoms with van der Waals surface area (Å²) in [4.78, 5) is 30.3. The number of amides is 2. The highest BCUT2D eigenvalue weighted by molar-refractivity contribution is 6.39. The molecule has 1 aliphatic rings. The van der Waals surface area contributed by atoms with Crippen LogP contribution in [0.4, 0.5) is 5.69 Å². The molecule has 0 unspecified atom stereocenters. The SMILES string of the molecule is CC(C)CC[C@@H]1CCCCN1C(=O)C(=O)Nc1cccnc1. The van der Waals surface area contributed by atoms with Crippen molar-refractivity contribution in [2.24, 2.45) is 5.92 Å². The summed E-state index contributed by atoms with van der Waals surface area (Å²) in [5.74, 6) is -0.371. The molecule has 1 atom stereocenters. The first-order valence-corrected chi connectivity index (χ1v) is 8.10. The Hall–Kier alpha value is -1.91. The van der Waals surface area contributed by atoms with Crippen LogP contribution in [0.2, 0.25) is 0 Å². The van der Waals surface area contributed by atoms with Crippen molar-refractivity contribution < 1.29 is 9.59 Å². The molecule has 1 aromatic rings. The average molecular weight is 303 g/mol. The molecule has 5 nitrogen and oxygen atoms in total. The molecular weight excluding hydrogens is 278 g/mol. The maximum atomic E-state index is 12.5. The van der Waals surface area contributed by atoms with E-state index in [1.54, 1.807) is 23.2 Å². The molecule has 0 saturated carbocycles. The Balaban J connectivity index is 1.97. The summed E-state index contributed by atoms with van der Waals surface area (Å²) >= 11 is 0. The molecule has 0 spiro atoms. The van der Waals surface area contributed by atoms with Crippen LogP contribution in [0.3, 0.4) is 0 Å². The summed E-state index contributed by atoms with van der Waals surface area (Å²) in [5, 5.41) is 2.63. The number of carbonyl (C=O) groups is 2. The number of likely N-dealkylation sites (tertiary alicyclic amines) is 1. The lowest BCUT2D eigenvalue weighted by molar-refractivity contribution is -0.145. The lowest BCUT2D eigenvalue weighted by atomic mass is 9.94. The first-order chi connectivity index (χ1) is 10.6. The van der Waals surface area contributed by atoms with E-state index in [-0.39, 0.29) is 6.04 Å². The first-order valence-electron chi connectivity index (χ1n) is 8.10. The van der Waals surface area contributed by atoms with Gasteiger partial charge in [-0.25, -0.2) is 0 Å². The van der Waals surface area contributed by atoms with Crippen molar-refractivity contribution in [2.45, 2.75) is 52.0 Å². The van der Waals surface area contributed by atoms with Gasteiger partial charge in [0.1, 0.15) is 0 Å². The molecule has 0 bridgehead atoms. The highest BCUT2D eigenvalue weighted by atomic mass is 16.2. The molecule has 2 heterocycles. The van der Waals surface area contributed by atoms with Gasteiger partial charge < -0.3 is 10.2 Å². The van der Waals surface area contributed by atoms with Gasteiger partial charge in [-0.1, -0.05) is 13.8 Å². The van der Waals surface area contributed by atoms with E-state index in [1.807, 2.05) is 0 Å². The Morgan fingerprint density at radius 2 is 2.23 bits per heavy atom. The van der Waals surface area contributed by atoms with E-state index >= 15 is 0 Å². The van der Waals surface area contributed by atoms with Crippen molar-refractivity contribution in [3.8, 4) is 0 Å². The van der Waals surface area contributed by atoms with E-state index in [9.17, 15) is 9.59 Å². The zero-order valence-electron chi connectivity index (χ0n) is 13.4. The second kappa shape index (κ2) is 7.92. The van der Waals surface area contributed by atoms with Gasteiger partial charge in [-0.15, -0.1) is 0 Å². The van der Waals surface area contributed by atoms with E-state index in [1.165, 1.54) is 6.20 Å². The molecular formula is C17H25N3O2. The zero-order chi connectivity index (χ0) is 15.9. The van der Waals surface area contributed by atoms with Gasteiger partial charge in [-0.3, -0.25) is 14.6 Å². The zero-order valence-corrected chi connectivity index (χ0v) is 13.4. The molecule has 1 aromatic heterocycles. The lowest BCUT2D eigenvalue weighted by Crippen LogP contribution is -2.48. The van der Waals surface area contributed by atoms with Crippen molar-refractivity contribution in [3.05, 3.63) is 24.5 Å². The summed E-state index contributed by atoms with van der Waals surface area (Å²) in [6.07, 6.45) is 8.34. The molecule has 1 aliphatic heterocycles. The highest BCUT2D eigenvalue weighted by Crippen LogP contribution is 2.23. The smallest absolute Gasteiger partial charge is 0.313 e. The fourth-order valence-corrected chi connectivity index (χ4v) is 2.85. The van der Waals surface area contributed by atoms with Gasteiger partial charge in [0.05, 0.1) is 11.9 Å². The molecule has 1 N–H and O–H groups in total. The van der Waals surface area contributed by atoms with Crippen LogP contribution in [0, 0.1) is 5.92 Å². The number of piperidine rings is 1. The van der Waals surface area contributed by atoms with Crippen molar-refractivity contribution in [3.63, 3.8) is 0 Å². The van der Waals surface area contributed by atoms with Gasteiger partial charge in [-0.05, 0) is 50.2 Å². The minimum atomic E-state index is -0.565. The number of hydrogen-bond donors (Lipinski definition) is 1. The fraction of sp³-hybridized carbons (Fsp3) is 0.588. The monoisotopic (exact) mass is 303 g/mol. The van der Waals surface area contributed by atoms with Gasteiger partial charge >= 0.3 is 11.8 Å². The molecule has 120 valence electrons. The molecule has 0 aromatic carbocycles. The van der Waals surface area contributed by atoms with Crippen molar-refractivity contribution in [2.75, 3.05) is 11.9 Å². The van der Waals surface area contributed by atoms with Crippen LogP contribution < -0.4 is 5.32 Å². The normalized spacial score (nSPS) is 18.3. The summed E-state index contributed by atoms with van der Waals surface area (Å²) in [7, 11) is 0. The Morgan fingerprint density at radius 1 is 1.41 bits per heavy atom. The number of pyridine rings is 1. The molecule has 22 heavy (non-hydrogen) atoms. The van der Waals surface area contributed by atoms with Crippen LogP contribution in [0.25, 0.3) is 0 Å². The minimum Gasteiger partial charge on any atom is -0.331 e. The fourth-order valence-electron chi connectivity index (χ4n) is 2.85. The van der Waals surface area contributed by atoms with Gasteiger partial charge in [0, 0.05) is 18.8 Å². The summed E-state index contributed by atoms with van der Waals surface area (Å²) < 4.78 is 0. The molecule has 1 saturated heterocycles. The maximum absolute atomic E-state index is 12.5. The van der Waals surface area contributed by atoms with E-state index < -0.39 is 11.8 Å². The van der Waals surface area contributed by atoms with E-state index in [4.69, 9.17) is 0 Å². The molecule has 0 aliphatic carbocycles. The molecule has 2 rings (SSSR count). The number of anilines is 1. The van der Waals surface area contributed by atoms with Crippen molar-refractivity contribution in [1.29, 1.82) is 0 Å². The topological polar surface area (TPSA) is 62.3 Å². The predicted molar refractivity (Wildman–Crippen MR) is 86.3 cm³/mol. The Labute approximate surface area is 132 Å². The summed E-state index contributed by atoms with van der Waals surface area (Å²) in [6, 6.07) is 3.65. The summed E-state index contributed by atoms with van der Waals surface area (Å²) in [6.45, 7) is 5.05. The lowest BCUT2D eigenvalue weighted by Gasteiger charge is -2.35. The predicted octanol–water partition coefficient (Wildman–Crippen LogP) is 2.84. The van der Waals surface area contributed by atoms with Crippen LogP contribution >= 0.6 is 0 Å². The largest absolute Gasteiger partial charge is 0.331 e. The third kappa shape index (κ3) is 4.55. The molecule has 5 heteroatoms. The first kappa shape index (κ1) is 16.5. The van der Waals surface area contributed by atoms with Crippen LogP contribution in [-0.4, -0.2) is 34.3 Å². The van der Waals surface area contributed by atoms with Crippen molar-refractivity contribution in [1.82, 2.24) is 9.88 Å². The number of carbonyl (C=O) groups excluding carboxylic acids is 2. The van der Waals surface area contributed by atoms with Gasteiger partial charge in [0.2, 0.25) is 0 Å². The van der Waals surface area contributed by atoms with Crippen molar-refractivity contribution >= 4 is 17.5 Å². The Kier molecular flexibility index (Phi) is 5.92. The summed E-state index contributed by atoms with van der Waals surface area (Å²) in [5.41, 5.74) is 0.552. The van der Waals surface area contributed by atoms with E-state index in [0.717, 1.165) is 32.1 Å². The average Bonchev–Trinajstić information content (AvgIpc) is 2.53. The second-order valence-electron chi connectivity index (χ2n) is 6.32. The van der Waals surface area contributed by atoms with Gasteiger partial charge in [0.25, 0.3) is 0 Å². The number of rotatable bonds is 4. The number of aromatic nitrogens is 1. The number of hydrogen-bond acceptors (Lipinski definition) is 3. The van der Waals surface area contributed by atoms with Crippen LogP contribution in [0.5, 0.6) is 0 Å². The minimum absolute atomic E-state index is 0.197. The molecule has 0 radical (unpaired) electrons. The molecule has 1 fully saturated rings. The van der Waals surface area contributed by atoms with Crippen LogP contribution in [-0.2, 0) is 9.59 Å². The number of nitrogens with one attached hydrogen (secondary N) is 1. The van der Waals surface area contributed by atoms with E-state index in [2.05, 4.69) is 24.1 Å². The quantitative estimate of drug-likeness (QED) is 0.870. The molecule has 2 amide bonds. The van der Waals surface area contributed by atoms with Gasteiger partial charge in [-0.2, -0.15) is 0 Å². The third-order valence-corrected chi connectivity index (χ3v) is 4.08.